The molecule has 1 aliphatic heterocycles. The van der Waals surface area contributed by atoms with E-state index in [0.717, 1.165) is 0 Å². The van der Waals surface area contributed by atoms with Crippen LogP contribution in [0.1, 0.15) is 0 Å². The molecule has 0 aromatic rings. The zero-order chi connectivity index (χ0) is 12.3. The maximum Gasteiger partial charge on any atom is 0.232 e. The smallest absolute Gasteiger partial charge is 0.232 e. The van der Waals surface area contributed by atoms with Gasteiger partial charge < -0.3 is 30.5 Å². The Morgan fingerprint density at radius 2 is 1.88 bits per heavy atom. The Labute approximate surface area is 100 Å². The number of halogens is 1. The van der Waals surface area contributed by atoms with E-state index < -0.39 is 43.2 Å². The normalized spacial score (nSPS) is 39.4. The number of carbonyl (C=O) groups excluding carboxylic acids is 1. The zero-order valence-electron chi connectivity index (χ0n) is 8.28. The van der Waals surface area contributed by atoms with Crippen LogP contribution in [0.4, 0.5) is 0 Å². The van der Waals surface area contributed by atoms with Gasteiger partial charge in [0.05, 0.1) is 11.9 Å². The number of ether oxygens (including phenoxy) is 1. The van der Waals surface area contributed by atoms with Crippen LogP contribution in [0.25, 0.3) is 0 Å². The van der Waals surface area contributed by atoms with Crippen LogP contribution in [0.3, 0.4) is 0 Å². The predicted molar refractivity (Wildman–Crippen MR) is 55.7 cm³/mol. The summed E-state index contributed by atoms with van der Waals surface area (Å²) in [6, 6.07) is 0. The third kappa shape index (κ3) is 2.90. The highest BCUT2D eigenvalue weighted by Crippen LogP contribution is 2.19. The van der Waals surface area contributed by atoms with Gasteiger partial charge in [-0.1, -0.05) is 15.9 Å². The maximum atomic E-state index is 11.1. The molecule has 1 rings (SSSR count). The summed E-state index contributed by atoms with van der Waals surface area (Å²) in [6.45, 7) is -0.522. The number of carbonyl (C=O) groups is 1. The molecule has 0 spiro atoms. The monoisotopic (exact) mass is 299 g/mol. The molecule has 5 atom stereocenters. The Hall–Kier alpha value is -0.250. The molecule has 16 heavy (non-hydrogen) atoms. The van der Waals surface area contributed by atoms with E-state index in [4.69, 9.17) is 9.84 Å². The highest BCUT2D eigenvalue weighted by molar-refractivity contribution is 9.09. The second-order valence-electron chi connectivity index (χ2n) is 3.45. The zero-order valence-corrected chi connectivity index (χ0v) is 9.87. The van der Waals surface area contributed by atoms with Gasteiger partial charge in [0.25, 0.3) is 0 Å². The first-order valence-corrected chi connectivity index (χ1v) is 5.79. The summed E-state index contributed by atoms with van der Waals surface area (Å²) in [5.74, 6) is -0.440. The third-order valence-electron chi connectivity index (χ3n) is 2.32. The van der Waals surface area contributed by atoms with Crippen molar-refractivity contribution in [2.45, 2.75) is 30.6 Å². The van der Waals surface area contributed by atoms with E-state index in [1.807, 2.05) is 0 Å². The van der Waals surface area contributed by atoms with Gasteiger partial charge in [-0.05, 0) is 0 Å². The van der Waals surface area contributed by atoms with Crippen molar-refractivity contribution in [1.29, 1.82) is 0 Å². The molecule has 0 unspecified atom stereocenters. The van der Waals surface area contributed by atoms with Gasteiger partial charge in [0.1, 0.15) is 24.4 Å². The van der Waals surface area contributed by atoms with Gasteiger partial charge >= 0.3 is 0 Å². The molecule has 0 aromatic heterocycles. The number of nitrogens with one attached hydrogen (secondary N) is 1. The minimum absolute atomic E-state index is 0.0159. The van der Waals surface area contributed by atoms with Crippen LogP contribution in [0.2, 0.25) is 0 Å². The molecule has 0 saturated carbocycles. The van der Waals surface area contributed by atoms with Crippen LogP contribution < -0.4 is 5.32 Å². The van der Waals surface area contributed by atoms with Gasteiger partial charge in [-0.3, -0.25) is 4.79 Å². The predicted octanol–water partition coefficient (Wildman–Crippen LogP) is -2.70. The first-order valence-electron chi connectivity index (χ1n) is 4.67. The third-order valence-corrected chi connectivity index (χ3v) is 2.83. The standard InChI is InChI=1S/C8H14BrNO6/c9-1-4(12)10-8-7(15)6(14)5(13)3(2-11)16-8/h3,5-8,11,13-15H,1-2H2,(H,10,12)/t3-,5+,6-,7-,8-/m0/s1. The minimum Gasteiger partial charge on any atom is -0.394 e. The highest BCUT2D eigenvalue weighted by Gasteiger charge is 2.43. The number of alkyl halides is 1. The Morgan fingerprint density at radius 3 is 2.38 bits per heavy atom. The molecule has 5 N–H and O–H groups in total. The molecule has 0 bridgehead atoms. The molecular formula is C8H14BrNO6. The van der Waals surface area contributed by atoms with E-state index in [0.29, 0.717) is 0 Å². The summed E-state index contributed by atoms with van der Waals surface area (Å²) in [4.78, 5) is 11.1. The van der Waals surface area contributed by atoms with E-state index in [9.17, 15) is 20.1 Å². The van der Waals surface area contributed by atoms with Crippen molar-refractivity contribution >= 4 is 21.8 Å². The van der Waals surface area contributed by atoms with Gasteiger partial charge in [-0.25, -0.2) is 0 Å². The summed E-state index contributed by atoms with van der Waals surface area (Å²) < 4.78 is 5.04. The largest absolute Gasteiger partial charge is 0.394 e. The van der Waals surface area contributed by atoms with E-state index in [-0.39, 0.29) is 5.33 Å². The Bertz CT molecular complexity index is 251. The fraction of sp³-hybridized carbons (Fsp3) is 0.875. The molecule has 7 nitrogen and oxygen atoms in total. The number of hydrogen-bond acceptors (Lipinski definition) is 6. The summed E-state index contributed by atoms with van der Waals surface area (Å²) in [6.07, 6.45) is -6.51. The second kappa shape index (κ2) is 5.89. The fourth-order valence-corrected chi connectivity index (χ4v) is 1.58. The minimum atomic E-state index is -1.48. The van der Waals surface area contributed by atoms with Crippen LogP contribution in [0, 0.1) is 0 Å². The van der Waals surface area contributed by atoms with Crippen LogP contribution >= 0.6 is 15.9 Å². The molecular weight excluding hydrogens is 286 g/mol. The lowest BCUT2D eigenvalue weighted by Crippen LogP contribution is -2.63. The molecule has 0 radical (unpaired) electrons. The molecule has 8 heteroatoms. The number of amides is 1. The van der Waals surface area contributed by atoms with Gasteiger partial charge in [0.2, 0.25) is 5.91 Å². The van der Waals surface area contributed by atoms with Crippen molar-refractivity contribution in [3.8, 4) is 0 Å². The Balaban J connectivity index is 2.67. The number of aliphatic hydroxyl groups excluding tert-OH is 4. The summed E-state index contributed by atoms with van der Waals surface area (Å²) >= 11 is 2.91. The van der Waals surface area contributed by atoms with E-state index in [1.54, 1.807) is 0 Å². The van der Waals surface area contributed by atoms with Crippen molar-refractivity contribution < 1.29 is 30.0 Å². The topological polar surface area (TPSA) is 119 Å². The summed E-state index contributed by atoms with van der Waals surface area (Å²) in [7, 11) is 0. The van der Waals surface area contributed by atoms with Crippen molar-refractivity contribution in [1.82, 2.24) is 5.32 Å². The van der Waals surface area contributed by atoms with Gasteiger partial charge in [0, 0.05) is 0 Å². The van der Waals surface area contributed by atoms with Crippen LogP contribution in [0.5, 0.6) is 0 Å². The van der Waals surface area contributed by atoms with Crippen molar-refractivity contribution in [2.75, 3.05) is 11.9 Å². The fourth-order valence-electron chi connectivity index (χ4n) is 1.42. The maximum absolute atomic E-state index is 11.1. The lowest BCUT2D eigenvalue weighted by Gasteiger charge is -2.40. The van der Waals surface area contributed by atoms with Gasteiger partial charge in [0.15, 0.2) is 6.23 Å². The molecule has 1 heterocycles. The van der Waals surface area contributed by atoms with Crippen molar-refractivity contribution in [3.05, 3.63) is 0 Å². The molecule has 0 aromatic carbocycles. The van der Waals surface area contributed by atoms with Crippen LogP contribution in [0.15, 0.2) is 0 Å². The van der Waals surface area contributed by atoms with E-state index in [1.165, 1.54) is 0 Å². The average molecular weight is 300 g/mol. The van der Waals surface area contributed by atoms with Crippen molar-refractivity contribution in [3.63, 3.8) is 0 Å². The molecule has 1 fully saturated rings. The summed E-state index contributed by atoms with van der Waals surface area (Å²) in [5, 5.41) is 39.6. The first kappa shape index (κ1) is 13.8. The quantitative estimate of drug-likeness (QED) is 0.362. The second-order valence-corrected chi connectivity index (χ2v) is 4.01. The van der Waals surface area contributed by atoms with Crippen LogP contribution in [-0.2, 0) is 9.53 Å². The Kier molecular flexibility index (Phi) is 5.09. The number of aliphatic hydroxyl groups is 4. The van der Waals surface area contributed by atoms with Crippen LogP contribution in [-0.4, -0.2) is 68.9 Å². The first-order chi connectivity index (χ1) is 7.51. The molecule has 1 amide bonds. The Morgan fingerprint density at radius 1 is 1.25 bits per heavy atom. The SMILES string of the molecule is O=C(CBr)N[C@H]1O[C@@H](CO)[C@@H](O)[C@H](O)[C@@H]1O. The highest BCUT2D eigenvalue weighted by atomic mass is 79.9. The van der Waals surface area contributed by atoms with E-state index >= 15 is 0 Å². The number of hydrogen-bond donors (Lipinski definition) is 5. The number of rotatable bonds is 3. The molecule has 0 aliphatic carbocycles. The molecule has 1 aliphatic rings. The lowest BCUT2D eigenvalue weighted by atomic mass is 9.98. The van der Waals surface area contributed by atoms with E-state index in [2.05, 4.69) is 21.2 Å². The molecule has 94 valence electrons. The van der Waals surface area contributed by atoms with Gasteiger partial charge in [-0.2, -0.15) is 0 Å². The molecule has 1 saturated heterocycles. The van der Waals surface area contributed by atoms with Gasteiger partial charge in [-0.15, -0.1) is 0 Å². The lowest BCUT2D eigenvalue weighted by molar-refractivity contribution is -0.235. The van der Waals surface area contributed by atoms with Crippen molar-refractivity contribution in [2.24, 2.45) is 0 Å². The average Bonchev–Trinajstić information content (AvgIpc) is 2.29. The summed E-state index contributed by atoms with van der Waals surface area (Å²) in [5.41, 5.74) is 0.